The molecule has 0 unspecified atom stereocenters. The minimum Gasteiger partial charge on any atom is -0.496 e. The first-order chi connectivity index (χ1) is 8.65. The van der Waals surface area contributed by atoms with Crippen LogP contribution < -0.4 is 4.74 Å². The highest BCUT2D eigenvalue weighted by Crippen LogP contribution is 2.33. The Morgan fingerprint density at radius 2 is 1.94 bits per heavy atom. The lowest BCUT2D eigenvalue weighted by molar-refractivity contribution is 0.281. The van der Waals surface area contributed by atoms with Gasteiger partial charge in [-0.1, -0.05) is 29.8 Å². The summed E-state index contributed by atoms with van der Waals surface area (Å²) in [6.45, 7) is 2.04. The summed E-state index contributed by atoms with van der Waals surface area (Å²) >= 11 is 5.95. The van der Waals surface area contributed by atoms with E-state index < -0.39 is 0 Å². The highest BCUT2D eigenvalue weighted by molar-refractivity contribution is 6.30. The number of halogens is 1. The largest absolute Gasteiger partial charge is 0.496 e. The van der Waals surface area contributed by atoms with Crippen LogP contribution in [0, 0.1) is 6.92 Å². The van der Waals surface area contributed by atoms with Crippen LogP contribution in [-0.4, -0.2) is 12.2 Å². The van der Waals surface area contributed by atoms with Crippen molar-refractivity contribution in [3.05, 3.63) is 52.5 Å². The summed E-state index contributed by atoms with van der Waals surface area (Å²) in [5, 5.41) is 9.83. The van der Waals surface area contributed by atoms with Gasteiger partial charge in [-0.25, -0.2) is 0 Å². The van der Waals surface area contributed by atoms with Gasteiger partial charge in [0.1, 0.15) is 5.75 Å². The molecular formula is C15H15ClO2. The molecule has 2 aromatic carbocycles. The Kier molecular flexibility index (Phi) is 3.90. The zero-order valence-corrected chi connectivity index (χ0v) is 11.2. The first kappa shape index (κ1) is 12.9. The van der Waals surface area contributed by atoms with Crippen molar-refractivity contribution >= 4 is 11.6 Å². The standard InChI is InChI=1S/C15H15ClO2/c1-10-7-11(3-4-12(10)9-17)14-6-5-13(16)8-15(14)18-2/h3-8,17H,9H2,1-2H3. The molecular weight excluding hydrogens is 248 g/mol. The molecule has 2 rings (SSSR count). The maximum Gasteiger partial charge on any atom is 0.128 e. The van der Waals surface area contributed by atoms with Gasteiger partial charge in [-0.05, 0) is 41.8 Å². The average molecular weight is 263 g/mol. The Hall–Kier alpha value is -1.51. The molecule has 0 saturated carbocycles. The predicted molar refractivity (Wildman–Crippen MR) is 74.1 cm³/mol. The van der Waals surface area contributed by atoms with Crippen LogP contribution in [0.2, 0.25) is 5.02 Å². The molecule has 0 aliphatic carbocycles. The minimum atomic E-state index is 0.0594. The van der Waals surface area contributed by atoms with E-state index in [1.54, 1.807) is 13.2 Å². The van der Waals surface area contributed by atoms with Crippen LogP contribution in [0.3, 0.4) is 0 Å². The first-order valence-corrected chi connectivity index (χ1v) is 6.08. The third-order valence-electron chi connectivity index (χ3n) is 2.99. The second-order valence-corrected chi connectivity index (χ2v) is 4.58. The van der Waals surface area contributed by atoms with Crippen LogP contribution in [0.1, 0.15) is 11.1 Å². The number of ether oxygens (including phenoxy) is 1. The van der Waals surface area contributed by atoms with Crippen LogP contribution in [0.15, 0.2) is 36.4 Å². The molecule has 0 radical (unpaired) electrons. The summed E-state index contributed by atoms with van der Waals surface area (Å²) in [4.78, 5) is 0. The molecule has 3 heteroatoms. The van der Waals surface area contributed by atoms with E-state index in [0.29, 0.717) is 5.02 Å². The molecule has 0 aliphatic rings. The highest BCUT2D eigenvalue weighted by atomic mass is 35.5. The minimum absolute atomic E-state index is 0.0594. The molecule has 0 fully saturated rings. The molecule has 0 amide bonds. The maximum atomic E-state index is 9.17. The fourth-order valence-electron chi connectivity index (χ4n) is 1.94. The van der Waals surface area contributed by atoms with Gasteiger partial charge in [-0.3, -0.25) is 0 Å². The lowest BCUT2D eigenvalue weighted by atomic mass is 9.99. The Labute approximate surface area is 112 Å². The highest BCUT2D eigenvalue weighted by Gasteiger charge is 2.08. The molecule has 1 N–H and O–H groups in total. The number of aliphatic hydroxyl groups is 1. The van der Waals surface area contributed by atoms with Gasteiger partial charge in [0.25, 0.3) is 0 Å². The fourth-order valence-corrected chi connectivity index (χ4v) is 2.11. The van der Waals surface area contributed by atoms with Gasteiger partial charge in [0, 0.05) is 10.6 Å². The van der Waals surface area contributed by atoms with Crippen molar-refractivity contribution in [3.63, 3.8) is 0 Å². The lowest BCUT2D eigenvalue weighted by Crippen LogP contribution is -1.91. The molecule has 18 heavy (non-hydrogen) atoms. The maximum absolute atomic E-state index is 9.17. The van der Waals surface area contributed by atoms with Gasteiger partial charge < -0.3 is 9.84 Å². The summed E-state index contributed by atoms with van der Waals surface area (Å²) in [5.41, 5.74) is 4.05. The van der Waals surface area contributed by atoms with Crippen LogP contribution >= 0.6 is 11.6 Å². The molecule has 0 aromatic heterocycles. The third-order valence-corrected chi connectivity index (χ3v) is 3.22. The molecule has 0 atom stereocenters. The van der Waals surface area contributed by atoms with Gasteiger partial charge in [-0.15, -0.1) is 0 Å². The van der Waals surface area contributed by atoms with Crippen molar-refractivity contribution in [1.82, 2.24) is 0 Å². The lowest BCUT2D eigenvalue weighted by Gasteiger charge is -2.11. The number of aliphatic hydroxyl groups excluding tert-OH is 1. The summed E-state index contributed by atoms with van der Waals surface area (Å²) < 4.78 is 5.34. The molecule has 0 spiro atoms. The number of rotatable bonds is 3. The Morgan fingerprint density at radius 1 is 1.17 bits per heavy atom. The van der Waals surface area contributed by atoms with Crippen LogP contribution in [0.5, 0.6) is 5.75 Å². The van der Waals surface area contributed by atoms with E-state index in [4.69, 9.17) is 16.3 Å². The zero-order chi connectivity index (χ0) is 13.1. The third kappa shape index (κ3) is 2.50. The Balaban J connectivity index is 2.51. The quantitative estimate of drug-likeness (QED) is 0.911. The van der Waals surface area contributed by atoms with Gasteiger partial charge in [0.2, 0.25) is 0 Å². The number of hydrogen-bond acceptors (Lipinski definition) is 2. The van der Waals surface area contributed by atoms with Crippen LogP contribution in [0.25, 0.3) is 11.1 Å². The first-order valence-electron chi connectivity index (χ1n) is 5.70. The van der Waals surface area contributed by atoms with E-state index in [1.165, 1.54) is 0 Å². The zero-order valence-electron chi connectivity index (χ0n) is 10.4. The monoisotopic (exact) mass is 262 g/mol. The smallest absolute Gasteiger partial charge is 0.128 e. The summed E-state index contributed by atoms with van der Waals surface area (Å²) in [6, 6.07) is 11.5. The van der Waals surface area contributed by atoms with Crippen molar-refractivity contribution in [1.29, 1.82) is 0 Å². The van der Waals surface area contributed by atoms with Crippen LogP contribution in [-0.2, 0) is 6.61 Å². The molecule has 0 aliphatic heterocycles. The van der Waals surface area contributed by atoms with Crippen molar-refractivity contribution in [2.75, 3.05) is 7.11 Å². The molecule has 0 heterocycles. The van der Waals surface area contributed by atoms with E-state index in [0.717, 1.165) is 28.0 Å². The van der Waals surface area contributed by atoms with Crippen LogP contribution in [0.4, 0.5) is 0 Å². The van der Waals surface area contributed by atoms with E-state index in [2.05, 4.69) is 0 Å². The normalized spacial score (nSPS) is 10.4. The molecule has 94 valence electrons. The number of benzene rings is 2. The number of methoxy groups -OCH3 is 1. The SMILES string of the molecule is COc1cc(Cl)ccc1-c1ccc(CO)c(C)c1. The van der Waals surface area contributed by atoms with Gasteiger partial charge in [-0.2, -0.15) is 0 Å². The van der Waals surface area contributed by atoms with Gasteiger partial charge in [0.05, 0.1) is 13.7 Å². The topological polar surface area (TPSA) is 29.5 Å². The van der Waals surface area contributed by atoms with E-state index in [1.807, 2.05) is 37.3 Å². The second-order valence-electron chi connectivity index (χ2n) is 4.14. The van der Waals surface area contributed by atoms with E-state index >= 15 is 0 Å². The number of aryl methyl sites for hydroxylation is 1. The van der Waals surface area contributed by atoms with Crippen molar-refractivity contribution < 1.29 is 9.84 Å². The van der Waals surface area contributed by atoms with Gasteiger partial charge in [0.15, 0.2) is 0 Å². The summed E-state index contributed by atoms with van der Waals surface area (Å²) in [6.07, 6.45) is 0. The molecule has 2 aromatic rings. The molecule has 2 nitrogen and oxygen atoms in total. The summed E-state index contributed by atoms with van der Waals surface area (Å²) in [5.74, 6) is 0.749. The predicted octanol–water partition coefficient (Wildman–Crippen LogP) is 3.82. The van der Waals surface area contributed by atoms with Gasteiger partial charge >= 0.3 is 0 Å². The Morgan fingerprint density at radius 3 is 2.56 bits per heavy atom. The van der Waals surface area contributed by atoms with Crippen molar-refractivity contribution in [2.24, 2.45) is 0 Å². The molecule has 0 saturated heterocycles. The van der Waals surface area contributed by atoms with E-state index in [-0.39, 0.29) is 6.61 Å². The fraction of sp³-hybridized carbons (Fsp3) is 0.200. The number of hydrogen-bond donors (Lipinski definition) is 1. The Bertz CT molecular complexity index is 564. The average Bonchev–Trinajstić information content (AvgIpc) is 2.38. The molecule has 0 bridgehead atoms. The van der Waals surface area contributed by atoms with Crippen molar-refractivity contribution in [2.45, 2.75) is 13.5 Å². The summed E-state index contributed by atoms with van der Waals surface area (Å²) in [7, 11) is 1.63. The second kappa shape index (κ2) is 5.42. The van der Waals surface area contributed by atoms with E-state index in [9.17, 15) is 5.11 Å². The van der Waals surface area contributed by atoms with Crippen molar-refractivity contribution in [3.8, 4) is 16.9 Å².